The van der Waals surface area contributed by atoms with Gasteiger partial charge in [0.2, 0.25) is 5.91 Å². The van der Waals surface area contributed by atoms with Crippen LogP contribution in [-0.4, -0.2) is 11.7 Å². The lowest BCUT2D eigenvalue weighted by molar-refractivity contribution is -0.114. The molecular weight excluding hydrogens is 238 g/mol. The van der Waals surface area contributed by atoms with Crippen molar-refractivity contribution in [3.05, 3.63) is 54.1 Å². The Morgan fingerprint density at radius 3 is 2.21 bits per heavy atom. The van der Waals surface area contributed by atoms with Crippen LogP contribution in [0.15, 0.2) is 48.5 Å². The van der Waals surface area contributed by atoms with E-state index in [0.717, 1.165) is 11.1 Å². The zero-order valence-corrected chi connectivity index (χ0v) is 10.9. The molecule has 0 atom stereocenters. The minimum atomic E-state index is -0.132. The van der Waals surface area contributed by atoms with Gasteiger partial charge < -0.3 is 5.32 Å². The first-order chi connectivity index (χ1) is 9.08. The Morgan fingerprint density at radius 2 is 1.63 bits per heavy atom. The summed E-state index contributed by atoms with van der Waals surface area (Å²) in [5.74, 6) is -0.126. The first-order valence-corrected chi connectivity index (χ1v) is 6.06. The van der Waals surface area contributed by atoms with E-state index in [0.29, 0.717) is 11.3 Å². The molecule has 1 N–H and O–H groups in total. The average molecular weight is 253 g/mol. The van der Waals surface area contributed by atoms with Crippen LogP contribution in [0.3, 0.4) is 0 Å². The van der Waals surface area contributed by atoms with Gasteiger partial charge in [0.1, 0.15) is 0 Å². The molecule has 3 heteroatoms. The van der Waals surface area contributed by atoms with Gasteiger partial charge in [-0.05, 0) is 30.7 Å². The van der Waals surface area contributed by atoms with E-state index >= 15 is 0 Å². The molecule has 0 aliphatic heterocycles. The summed E-state index contributed by atoms with van der Waals surface area (Å²) in [5, 5.41) is 2.79. The number of ketones is 1. The number of anilines is 1. The first kappa shape index (κ1) is 13.0. The molecule has 0 spiro atoms. The highest BCUT2D eigenvalue weighted by Crippen LogP contribution is 2.29. The van der Waals surface area contributed by atoms with Crippen molar-refractivity contribution in [2.75, 3.05) is 5.32 Å². The molecule has 0 aromatic heterocycles. The molecular formula is C16H15NO2. The van der Waals surface area contributed by atoms with Gasteiger partial charge in [0.25, 0.3) is 0 Å². The SMILES string of the molecule is CC(=O)Nc1ccc(C(C)=O)cc1-c1ccccc1. The molecule has 0 saturated heterocycles. The van der Waals surface area contributed by atoms with Crippen molar-refractivity contribution in [2.24, 2.45) is 0 Å². The molecule has 0 heterocycles. The zero-order chi connectivity index (χ0) is 13.8. The molecule has 19 heavy (non-hydrogen) atoms. The summed E-state index contributed by atoms with van der Waals surface area (Å²) in [6.45, 7) is 3.00. The Labute approximate surface area is 112 Å². The summed E-state index contributed by atoms with van der Waals surface area (Å²) >= 11 is 0. The van der Waals surface area contributed by atoms with Crippen molar-refractivity contribution >= 4 is 17.4 Å². The monoisotopic (exact) mass is 253 g/mol. The van der Waals surface area contributed by atoms with E-state index in [1.165, 1.54) is 13.8 Å². The number of carbonyl (C=O) groups is 2. The number of nitrogens with one attached hydrogen (secondary N) is 1. The highest BCUT2D eigenvalue weighted by atomic mass is 16.1. The summed E-state index contributed by atoms with van der Waals surface area (Å²) in [5.41, 5.74) is 3.16. The van der Waals surface area contributed by atoms with E-state index in [-0.39, 0.29) is 11.7 Å². The van der Waals surface area contributed by atoms with Gasteiger partial charge in [-0.2, -0.15) is 0 Å². The average Bonchev–Trinajstić information content (AvgIpc) is 2.39. The van der Waals surface area contributed by atoms with Crippen LogP contribution in [0, 0.1) is 0 Å². The van der Waals surface area contributed by atoms with Crippen LogP contribution in [0.1, 0.15) is 24.2 Å². The van der Waals surface area contributed by atoms with Crippen LogP contribution >= 0.6 is 0 Å². The molecule has 0 radical (unpaired) electrons. The molecule has 0 aliphatic rings. The Bertz CT molecular complexity index is 618. The maximum Gasteiger partial charge on any atom is 0.221 e. The molecule has 96 valence electrons. The second kappa shape index (κ2) is 5.48. The number of rotatable bonds is 3. The number of amides is 1. The maximum absolute atomic E-state index is 11.5. The van der Waals surface area contributed by atoms with E-state index < -0.39 is 0 Å². The Hall–Kier alpha value is -2.42. The van der Waals surface area contributed by atoms with E-state index in [2.05, 4.69) is 5.32 Å². The van der Waals surface area contributed by atoms with Crippen LogP contribution < -0.4 is 5.32 Å². The fraction of sp³-hybridized carbons (Fsp3) is 0.125. The number of hydrogen-bond acceptors (Lipinski definition) is 2. The number of carbonyl (C=O) groups excluding carboxylic acids is 2. The van der Waals surface area contributed by atoms with Crippen LogP contribution in [0.25, 0.3) is 11.1 Å². The van der Waals surface area contributed by atoms with E-state index in [4.69, 9.17) is 0 Å². The van der Waals surface area contributed by atoms with Gasteiger partial charge in [-0.3, -0.25) is 9.59 Å². The third-order valence-corrected chi connectivity index (χ3v) is 2.82. The second-order valence-electron chi connectivity index (χ2n) is 4.36. The van der Waals surface area contributed by atoms with Gasteiger partial charge in [-0.25, -0.2) is 0 Å². The quantitative estimate of drug-likeness (QED) is 0.851. The normalized spacial score (nSPS) is 10.0. The van der Waals surface area contributed by atoms with Crippen LogP contribution in [0.5, 0.6) is 0 Å². The summed E-state index contributed by atoms with van der Waals surface area (Å²) in [4.78, 5) is 22.7. The third-order valence-electron chi connectivity index (χ3n) is 2.82. The lowest BCUT2D eigenvalue weighted by Gasteiger charge is -2.11. The minimum Gasteiger partial charge on any atom is -0.326 e. The van der Waals surface area contributed by atoms with Crippen molar-refractivity contribution in [1.29, 1.82) is 0 Å². The fourth-order valence-electron chi connectivity index (χ4n) is 1.92. The Balaban J connectivity index is 2.56. The molecule has 0 unspecified atom stereocenters. The summed E-state index contributed by atoms with van der Waals surface area (Å²) < 4.78 is 0. The molecule has 0 fully saturated rings. The largest absolute Gasteiger partial charge is 0.326 e. The molecule has 2 rings (SSSR count). The van der Waals surface area contributed by atoms with Gasteiger partial charge in [0.05, 0.1) is 0 Å². The molecule has 1 amide bonds. The molecule has 0 aliphatic carbocycles. The summed E-state index contributed by atoms with van der Waals surface area (Å²) in [7, 11) is 0. The topological polar surface area (TPSA) is 46.2 Å². The van der Waals surface area contributed by atoms with Gasteiger partial charge >= 0.3 is 0 Å². The highest BCUT2D eigenvalue weighted by Gasteiger charge is 2.09. The number of benzene rings is 2. The van der Waals surface area contributed by atoms with Gasteiger partial charge in [-0.1, -0.05) is 30.3 Å². The van der Waals surface area contributed by atoms with Crippen molar-refractivity contribution in [1.82, 2.24) is 0 Å². The van der Waals surface area contributed by atoms with Crippen molar-refractivity contribution in [3.8, 4) is 11.1 Å². The van der Waals surface area contributed by atoms with Crippen molar-refractivity contribution in [3.63, 3.8) is 0 Å². The van der Waals surface area contributed by atoms with Gasteiger partial charge in [0.15, 0.2) is 5.78 Å². The lowest BCUT2D eigenvalue weighted by Crippen LogP contribution is -2.07. The third kappa shape index (κ3) is 3.07. The van der Waals surface area contributed by atoms with Crippen LogP contribution in [0.4, 0.5) is 5.69 Å². The molecule has 2 aromatic rings. The Morgan fingerprint density at radius 1 is 0.947 bits per heavy atom. The molecule has 0 bridgehead atoms. The Kier molecular flexibility index (Phi) is 3.76. The predicted molar refractivity (Wildman–Crippen MR) is 76.2 cm³/mol. The maximum atomic E-state index is 11.5. The van der Waals surface area contributed by atoms with Crippen molar-refractivity contribution < 1.29 is 9.59 Å². The summed E-state index contributed by atoms with van der Waals surface area (Å²) in [6, 6.07) is 15.0. The van der Waals surface area contributed by atoms with Gasteiger partial charge in [0, 0.05) is 23.7 Å². The van der Waals surface area contributed by atoms with E-state index in [9.17, 15) is 9.59 Å². The second-order valence-corrected chi connectivity index (χ2v) is 4.36. The fourth-order valence-corrected chi connectivity index (χ4v) is 1.92. The van der Waals surface area contributed by atoms with Crippen molar-refractivity contribution in [2.45, 2.75) is 13.8 Å². The number of Topliss-reactive ketones (excluding diaryl/α,β-unsaturated/α-hetero) is 1. The zero-order valence-electron chi connectivity index (χ0n) is 10.9. The smallest absolute Gasteiger partial charge is 0.221 e. The standard InChI is InChI=1S/C16H15NO2/c1-11(18)14-8-9-16(17-12(2)19)15(10-14)13-6-4-3-5-7-13/h3-10H,1-2H3,(H,17,19). The molecule has 3 nitrogen and oxygen atoms in total. The highest BCUT2D eigenvalue weighted by molar-refractivity contribution is 5.99. The minimum absolute atomic E-state index is 0.00607. The summed E-state index contributed by atoms with van der Waals surface area (Å²) in [6.07, 6.45) is 0. The van der Waals surface area contributed by atoms with Gasteiger partial charge in [-0.15, -0.1) is 0 Å². The van der Waals surface area contributed by atoms with Crippen LogP contribution in [-0.2, 0) is 4.79 Å². The van der Waals surface area contributed by atoms with Crippen LogP contribution in [0.2, 0.25) is 0 Å². The first-order valence-electron chi connectivity index (χ1n) is 6.06. The predicted octanol–water partition coefficient (Wildman–Crippen LogP) is 3.51. The van der Waals surface area contributed by atoms with E-state index in [1.54, 1.807) is 12.1 Å². The lowest BCUT2D eigenvalue weighted by atomic mass is 9.99. The molecule has 0 saturated carbocycles. The van der Waals surface area contributed by atoms with E-state index in [1.807, 2.05) is 36.4 Å². The number of hydrogen-bond donors (Lipinski definition) is 1. The molecule has 2 aromatic carbocycles.